The first-order valence-corrected chi connectivity index (χ1v) is 6.31. The van der Waals surface area contributed by atoms with Crippen LogP contribution in [0.3, 0.4) is 0 Å². The second-order valence-corrected chi connectivity index (χ2v) is 4.66. The summed E-state index contributed by atoms with van der Waals surface area (Å²) in [4.78, 5) is 31.4. The number of nitro groups is 1. The predicted octanol–water partition coefficient (Wildman–Crippen LogP) is 2.31. The molecule has 0 aromatic carbocycles. The van der Waals surface area contributed by atoms with E-state index in [1.807, 2.05) is 0 Å². The van der Waals surface area contributed by atoms with Gasteiger partial charge in [0, 0.05) is 32.1 Å². The van der Waals surface area contributed by atoms with Gasteiger partial charge in [0.05, 0.1) is 10.5 Å². The summed E-state index contributed by atoms with van der Waals surface area (Å²) in [6.45, 7) is 0.334. The number of amides is 1. The largest absolute Gasteiger partial charge is 0.337 e. The molecule has 0 bridgehead atoms. The molecule has 2 aromatic rings. The van der Waals surface area contributed by atoms with E-state index >= 15 is 0 Å². The molecule has 7 nitrogen and oxygen atoms in total. The Kier molecular flexibility index (Phi) is 4.44. The summed E-state index contributed by atoms with van der Waals surface area (Å²) < 4.78 is 0. The molecule has 0 N–H and O–H groups in total. The van der Waals surface area contributed by atoms with Gasteiger partial charge in [-0.3, -0.25) is 19.9 Å². The third-order valence-corrected chi connectivity index (χ3v) is 3.08. The number of pyridine rings is 2. The van der Waals surface area contributed by atoms with E-state index < -0.39 is 10.8 Å². The highest BCUT2D eigenvalue weighted by atomic mass is 35.5. The first-order valence-electron chi connectivity index (χ1n) is 5.93. The van der Waals surface area contributed by atoms with Gasteiger partial charge in [0.15, 0.2) is 0 Å². The lowest BCUT2D eigenvalue weighted by atomic mass is 10.2. The Morgan fingerprint density at radius 1 is 1.43 bits per heavy atom. The van der Waals surface area contributed by atoms with E-state index in [0.717, 1.165) is 17.8 Å². The molecular formula is C13H11ClN4O3. The Bertz CT molecular complexity index is 678. The lowest BCUT2D eigenvalue weighted by molar-refractivity contribution is -0.385. The fourth-order valence-electron chi connectivity index (χ4n) is 1.73. The van der Waals surface area contributed by atoms with Gasteiger partial charge in [-0.25, -0.2) is 4.98 Å². The minimum atomic E-state index is -0.622. The first kappa shape index (κ1) is 14.9. The van der Waals surface area contributed by atoms with Crippen LogP contribution in [0.5, 0.6) is 0 Å². The van der Waals surface area contributed by atoms with Gasteiger partial charge in [0.25, 0.3) is 11.6 Å². The number of halogens is 1. The van der Waals surface area contributed by atoms with Gasteiger partial charge in [-0.15, -0.1) is 0 Å². The van der Waals surface area contributed by atoms with Crippen LogP contribution in [0, 0.1) is 10.1 Å². The van der Waals surface area contributed by atoms with Crippen molar-refractivity contribution in [3.8, 4) is 0 Å². The average molecular weight is 307 g/mol. The Balaban J connectivity index is 2.23. The Morgan fingerprint density at radius 2 is 2.10 bits per heavy atom. The fourth-order valence-corrected chi connectivity index (χ4v) is 1.91. The Labute approximate surface area is 125 Å². The number of rotatable bonds is 4. The second-order valence-electron chi connectivity index (χ2n) is 4.31. The second kappa shape index (κ2) is 6.27. The molecule has 21 heavy (non-hydrogen) atoms. The molecule has 0 fully saturated rings. The fraction of sp³-hybridized carbons (Fsp3) is 0.154. The lowest BCUT2D eigenvalue weighted by Gasteiger charge is -2.17. The summed E-state index contributed by atoms with van der Waals surface area (Å²) in [6, 6.07) is 4.68. The van der Waals surface area contributed by atoms with Crippen LogP contribution < -0.4 is 0 Å². The van der Waals surface area contributed by atoms with Crippen LogP contribution in [0.1, 0.15) is 15.9 Å². The molecule has 0 spiro atoms. The van der Waals surface area contributed by atoms with Gasteiger partial charge in [-0.05, 0) is 17.7 Å². The van der Waals surface area contributed by atoms with E-state index in [4.69, 9.17) is 11.6 Å². The van der Waals surface area contributed by atoms with E-state index in [1.165, 1.54) is 4.90 Å². The summed E-state index contributed by atoms with van der Waals surface area (Å²) in [6.07, 6.45) is 4.26. The van der Waals surface area contributed by atoms with Crippen LogP contribution in [-0.2, 0) is 6.54 Å². The van der Waals surface area contributed by atoms with E-state index in [0.29, 0.717) is 6.54 Å². The van der Waals surface area contributed by atoms with Crippen LogP contribution in [0.15, 0.2) is 36.8 Å². The normalized spacial score (nSPS) is 10.2. The van der Waals surface area contributed by atoms with Crippen LogP contribution in [0.25, 0.3) is 0 Å². The van der Waals surface area contributed by atoms with Crippen molar-refractivity contribution in [1.29, 1.82) is 0 Å². The summed E-state index contributed by atoms with van der Waals surface area (Å²) in [5.41, 5.74) is 0.609. The average Bonchev–Trinajstić information content (AvgIpc) is 2.47. The zero-order valence-electron chi connectivity index (χ0n) is 11.1. The van der Waals surface area contributed by atoms with Crippen molar-refractivity contribution >= 4 is 23.2 Å². The standard InChI is InChI=1S/C13H11ClN4O3/c1-17(8-9-2-4-15-5-3-9)13(19)11-6-10(18(20)21)7-16-12(11)14/h2-7H,8H2,1H3. The van der Waals surface area contributed by atoms with Gasteiger partial charge < -0.3 is 4.90 Å². The smallest absolute Gasteiger partial charge is 0.288 e. The molecule has 0 atom stereocenters. The maximum absolute atomic E-state index is 12.3. The highest BCUT2D eigenvalue weighted by Crippen LogP contribution is 2.21. The van der Waals surface area contributed by atoms with Crippen LogP contribution >= 0.6 is 11.6 Å². The predicted molar refractivity (Wildman–Crippen MR) is 75.9 cm³/mol. The molecule has 8 heteroatoms. The number of carbonyl (C=O) groups is 1. The third-order valence-electron chi connectivity index (χ3n) is 2.78. The van der Waals surface area contributed by atoms with Crippen molar-refractivity contribution in [2.24, 2.45) is 0 Å². The van der Waals surface area contributed by atoms with E-state index in [9.17, 15) is 14.9 Å². The van der Waals surface area contributed by atoms with Crippen molar-refractivity contribution in [2.75, 3.05) is 7.05 Å². The molecule has 2 heterocycles. The Hall–Kier alpha value is -2.54. The minimum absolute atomic E-state index is 0.00224. The number of carbonyl (C=O) groups excluding carboxylic acids is 1. The summed E-state index contributed by atoms with van der Waals surface area (Å²) in [5.74, 6) is -0.437. The Morgan fingerprint density at radius 3 is 2.71 bits per heavy atom. The van der Waals surface area contributed by atoms with Crippen molar-refractivity contribution in [3.63, 3.8) is 0 Å². The van der Waals surface area contributed by atoms with Crippen molar-refractivity contribution < 1.29 is 9.72 Å². The molecule has 0 aliphatic heterocycles. The lowest BCUT2D eigenvalue weighted by Crippen LogP contribution is -2.26. The SMILES string of the molecule is CN(Cc1ccncc1)C(=O)c1cc([N+](=O)[O-])cnc1Cl. The molecule has 0 saturated carbocycles. The first-order chi connectivity index (χ1) is 9.99. The zero-order valence-corrected chi connectivity index (χ0v) is 11.8. The maximum Gasteiger partial charge on any atom is 0.288 e. The zero-order chi connectivity index (χ0) is 15.4. The van der Waals surface area contributed by atoms with Crippen molar-refractivity contribution in [3.05, 3.63) is 63.2 Å². The van der Waals surface area contributed by atoms with Crippen LogP contribution in [0.2, 0.25) is 5.15 Å². The maximum atomic E-state index is 12.3. The van der Waals surface area contributed by atoms with E-state index in [-0.39, 0.29) is 16.4 Å². The van der Waals surface area contributed by atoms with E-state index in [1.54, 1.807) is 31.6 Å². The molecule has 0 saturated heterocycles. The summed E-state index contributed by atoms with van der Waals surface area (Å²) in [5, 5.41) is 10.7. The van der Waals surface area contributed by atoms with Crippen LogP contribution in [-0.4, -0.2) is 32.7 Å². The number of nitrogens with zero attached hydrogens (tertiary/aromatic N) is 4. The van der Waals surface area contributed by atoms with Gasteiger partial charge in [0.1, 0.15) is 11.3 Å². The topological polar surface area (TPSA) is 89.2 Å². The van der Waals surface area contributed by atoms with Crippen molar-refractivity contribution in [2.45, 2.75) is 6.54 Å². The minimum Gasteiger partial charge on any atom is -0.337 e. The number of aromatic nitrogens is 2. The van der Waals surface area contributed by atoms with Crippen molar-refractivity contribution in [1.82, 2.24) is 14.9 Å². The summed E-state index contributed by atoms with van der Waals surface area (Å²) in [7, 11) is 1.58. The quantitative estimate of drug-likeness (QED) is 0.491. The molecular weight excluding hydrogens is 296 g/mol. The molecule has 1 amide bonds. The highest BCUT2D eigenvalue weighted by Gasteiger charge is 2.20. The molecule has 108 valence electrons. The monoisotopic (exact) mass is 306 g/mol. The number of hydrogen-bond acceptors (Lipinski definition) is 5. The van der Waals surface area contributed by atoms with Gasteiger partial charge in [-0.1, -0.05) is 11.6 Å². The molecule has 0 radical (unpaired) electrons. The third kappa shape index (κ3) is 3.51. The molecule has 2 aromatic heterocycles. The highest BCUT2D eigenvalue weighted by molar-refractivity contribution is 6.32. The molecule has 2 rings (SSSR count). The molecule has 0 unspecified atom stereocenters. The molecule has 0 aliphatic rings. The van der Waals surface area contributed by atoms with Gasteiger partial charge >= 0.3 is 0 Å². The number of hydrogen-bond donors (Lipinski definition) is 0. The van der Waals surface area contributed by atoms with Gasteiger partial charge in [0.2, 0.25) is 0 Å². The molecule has 0 aliphatic carbocycles. The van der Waals surface area contributed by atoms with E-state index in [2.05, 4.69) is 9.97 Å². The van der Waals surface area contributed by atoms with Gasteiger partial charge in [-0.2, -0.15) is 0 Å². The summed E-state index contributed by atoms with van der Waals surface area (Å²) >= 11 is 5.85. The van der Waals surface area contributed by atoms with Crippen LogP contribution in [0.4, 0.5) is 5.69 Å².